The van der Waals surface area contributed by atoms with Gasteiger partial charge in [0, 0.05) is 0 Å². The summed E-state index contributed by atoms with van der Waals surface area (Å²) in [6.45, 7) is 0.783. The molecule has 2 rings (SSSR count). The van der Waals surface area contributed by atoms with E-state index in [9.17, 15) is 13.6 Å². The molecular weight excluding hydrogens is 228 g/mol. The third-order valence-electron chi connectivity index (χ3n) is 2.77. The van der Waals surface area contributed by atoms with Crippen LogP contribution in [0.15, 0.2) is 12.1 Å². The van der Waals surface area contributed by atoms with Crippen molar-refractivity contribution in [1.29, 1.82) is 0 Å². The maximum Gasteiger partial charge on any atom is 0.241 e. The van der Waals surface area contributed by atoms with Crippen molar-refractivity contribution < 1.29 is 13.6 Å². The van der Waals surface area contributed by atoms with Gasteiger partial charge in [0.15, 0.2) is 11.6 Å². The molecule has 1 unspecified atom stereocenters. The van der Waals surface area contributed by atoms with Crippen LogP contribution in [0.2, 0.25) is 0 Å². The van der Waals surface area contributed by atoms with Gasteiger partial charge in [0.2, 0.25) is 5.91 Å². The minimum absolute atomic E-state index is 0.0996. The largest absolute Gasteiger partial charge is 0.395 e. The van der Waals surface area contributed by atoms with E-state index < -0.39 is 11.6 Å². The van der Waals surface area contributed by atoms with E-state index in [1.54, 1.807) is 0 Å². The van der Waals surface area contributed by atoms with Gasteiger partial charge in [0.25, 0.3) is 0 Å². The van der Waals surface area contributed by atoms with E-state index >= 15 is 0 Å². The second-order valence-corrected chi connectivity index (χ2v) is 3.96. The summed E-state index contributed by atoms with van der Waals surface area (Å²) in [7, 11) is 0. The number of halogens is 2. The second-order valence-electron chi connectivity index (χ2n) is 3.96. The fourth-order valence-corrected chi connectivity index (χ4v) is 1.80. The number of hydrogen-bond donors (Lipinski definition) is 3. The lowest BCUT2D eigenvalue weighted by Crippen LogP contribution is -2.35. The van der Waals surface area contributed by atoms with Crippen LogP contribution >= 0.6 is 0 Å². The average Bonchev–Trinajstić information content (AvgIpc) is 2.83. The molecule has 6 heteroatoms. The summed E-state index contributed by atoms with van der Waals surface area (Å²) in [4.78, 5) is 11.7. The Kier molecular flexibility index (Phi) is 3.23. The van der Waals surface area contributed by atoms with Crippen LogP contribution in [0.25, 0.3) is 0 Å². The molecule has 1 saturated heterocycles. The molecule has 1 heterocycles. The molecule has 4 N–H and O–H groups in total. The summed E-state index contributed by atoms with van der Waals surface area (Å²) in [5, 5.41) is 5.49. The lowest BCUT2D eigenvalue weighted by atomic mass is 10.2. The van der Waals surface area contributed by atoms with Crippen molar-refractivity contribution in [1.82, 2.24) is 5.32 Å². The van der Waals surface area contributed by atoms with E-state index in [1.165, 1.54) is 6.07 Å². The first-order valence-electron chi connectivity index (χ1n) is 5.37. The fourth-order valence-electron chi connectivity index (χ4n) is 1.80. The highest BCUT2D eigenvalue weighted by atomic mass is 19.2. The molecule has 1 atom stereocenters. The van der Waals surface area contributed by atoms with Gasteiger partial charge >= 0.3 is 0 Å². The maximum atomic E-state index is 13.2. The average molecular weight is 241 g/mol. The van der Waals surface area contributed by atoms with E-state index in [0.29, 0.717) is 0 Å². The highest BCUT2D eigenvalue weighted by Crippen LogP contribution is 2.24. The first-order chi connectivity index (χ1) is 8.09. The number of rotatable bonds is 2. The van der Waals surface area contributed by atoms with Gasteiger partial charge in [-0.1, -0.05) is 0 Å². The quantitative estimate of drug-likeness (QED) is 0.682. The van der Waals surface area contributed by atoms with Crippen molar-refractivity contribution in [3.63, 3.8) is 0 Å². The third-order valence-corrected chi connectivity index (χ3v) is 2.77. The zero-order valence-corrected chi connectivity index (χ0v) is 9.09. The van der Waals surface area contributed by atoms with Crippen LogP contribution in [-0.2, 0) is 4.79 Å². The van der Waals surface area contributed by atoms with Gasteiger partial charge in [-0.3, -0.25) is 4.79 Å². The summed E-state index contributed by atoms with van der Waals surface area (Å²) < 4.78 is 26.0. The van der Waals surface area contributed by atoms with Gasteiger partial charge in [0.1, 0.15) is 0 Å². The van der Waals surface area contributed by atoms with Crippen LogP contribution in [0.4, 0.5) is 20.2 Å². The number of hydrogen-bond acceptors (Lipinski definition) is 3. The molecule has 4 nitrogen and oxygen atoms in total. The van der Waals surface area contributed by atoms with Crippen LogP contribution in [-0.4, -0.2) is 18.5 Å². The van der Waals surface area contributed by atoms with Gasteiger partial charge < -0.3 is 16.4 Å². The fraction of sp³-hybridized carbons (Fsp3) is 0.364. The van der Waals surface area contributed by atoms with Crippen LogP contribution in [0.1, 0.15) is 12.8 Å². The molecule has 0 saturated carbocycles. The molecule has 0 aromatic heterocycles. The van der Waals surface area contributed by atoms with Gasteiger partial charge in [0.05, 0.1) is 17.4 Å². The van der Waals surface area contributed by atoms with Crippen molar-refractivity contribution in [2.24, 2.45) is 0 Å². The molecule has 1 fully saturated rings. The van der Waals surface area contributed by atoms with E-state index in [2.05, 4.69) is 10.6 Å². The molecule has 0 radical (unpaired) electrons. The monoisotopic (exact) mass is 241 g/mol. The molecule has 0 bridgehead atoms. The number of benzene rings is 1. The van der Waals surface area contributed by atoms with Crippen LogP contribution in [0.5, 0.6) is 0 Å². The zero-order valence-electron chi connectivity index (χ0n) is 9.09. The smallest absolute Gasteiger partial charge is 0.241 e. The van der Waals surface area contributed by atoms with Gasteiger partial charge in [-0.2, -0.15) is 0 Å². The predicted molar refractivity (Wildman–Crippen MR) is 60.4 cm³/mol. The van der Waals surface area contributed by atoms with Crippen molar-refractivity contribution >= 4 is 17.3 Å². The predicted octanol–water partition coefficient (Wildman–Crippen LogP) is 1.24. The van der Waals surface area contributed by atoms with Crippen molar-refractivity contribution in [2.45, 2.75) is 18.9 Å². The Hall–Kier alpha value is -1.69. The number of nitrogen functional groups attached to an aromatic ring is 1. The highest BCUT2D eigenvalue weighted by Gasteiger charge is 2.23. The summed E-state index contributed by atoms with van der Waals surface area (Å²) in [6, 6.07) is 1.90. The molecule has 1 aromatic rings. The van der Waals surface area contributed by atoms with Crippen molar-refractivity contribution in [3.05, 3.63) is 23.8 Å². The lowest BCUT2D eigenvalue weighted by molar-refractivity contribution is -0.117. The Labute approximate surface area is 97.2 Å². The first-order valence-corrected chi connectivity index (χ1v) is 5.37. The molecule has 0 aliphatic carbocycles. The van der Waals surface area contributed by atoms with Gasteiger partial charge in [-0.15, -0.1) is 0 Å². The molecule has 1 aromatic carbocycles. The number of amides is 1. The molecule has 0 spiro atoms. The zero-order chi connectivity index (χ0) is 12.4. The van der Waals surface area contributed by atoms with E-state index in [-0.39, 0.29) is 23.3 Å². The van der Waals surface area contributed by atoms with Crippen LogP contribution in [0, 0.1) is 11.6 Å². The maximum absolute atomic E-state index is 13.2. The number of nitrogens with two attached hydrogens (primary N) is 1. The van der Waals surface area contributed by atoms with E-state index in [1.807, 2.05) is 0 Å². The van der Waals surface area contributed by atoms with E-state index in [4.69, 9.17) is 5.73 Å². The summed E-state index contributed by atoms with van der Waals surface area (Å²) in [5.41, 5.74) is 5.10. The Balaban J connectivity index is 2.13. The number of carbonyl (C=O) groups excluding carboxylic acids is 1. The topological polar surface area (TPSA) is 67.1 Å². The minimum atomic E-state index is -1.14. The molecule has 1 aliphatic heterocycles. The van der Waals surface area contributed by atoms with Gasteiger partial charge in [-0.05, 0) is 31.5 Å². The van der Waals surface area contributed by atoms with Gasteiger partial charge in [-0.25, -0.2) is 8.78 Å². The summed E-state index contributed by atoms with van der Waals surface area (Å²) in [5.74, 6) is -2.44. The normalized spacial score (nSPS) is 19.3. The molecule has 1 aliphatic rings. The second kappa shape index (κ2) is 4.67. The number of carbonyl (C=O) groups is 1. The molecular formula is C11H13F2N3O. The summed E-state index contributed by atoms with van der Waals surface area (Å²) >= 11 is 0. The SMILES string of the molecule is Nc1c(NC(=O)C2CCCN2)ccc(F)c1F. The Morgan fingerprint density at radius 3 is 2.88 bits per heavy atom. The Morgan fingerprint density at radius 1 is 1.47 bits per heavy atom. The Bertz CT molecular complexity index is 445. The van der Waals surface area contributed by atoms with Crippen molar-refractivity contribution in [3.8, 4) is 0 Å². The van der Waals surface area contributed by atoms with E-state index in [0.717, 1.165) is 25.5 Å². The first kappa shape index (κ1) is 11.8. The number of nitrogens with one attached hydrogen (secondary N) is 2. The Morgan fingerprint density at radius 2 is 2.24 bits per heavy atom. The summed E-state index contributed by atoms with van der Waals surface area (Å²) in [6.07, 6.45) is 1.65. The lowest BCUT2D eigenvalue weighted by Gasteiger charge is -2.13. The molecule has 92 valence electrons. The minimum Gasteiger partial charge on any atom is -0.395 e. The molecule has 17 heavy (non-hydrogen) atoms. The number of anilines is 2. The van der Waals surface area contributed by atoms with Crippen LogP contribution < -0.4 is 16.4 Å². The molecule has 1 amide bonds. The standard InChI is InChI=1S/C11H13F2N3O/c12-6-3-4-7(10(14)9(6)13)16-11(17)8-2-1-5-15-8/h3-4,8,15H,1-2,5,14H2,(H,16,17). The van der Waals surface area contributed by atoms with Crippen molar-refractivity contribution in [2.75, 3.05) is 17.6 Å². The highest BCUT2D eigenvalue weighted by molar-refractivity contribution is 5.97. The third kappa shape index (κ3) is 2.36. The van der Waals surface area contributed by atoms with Crippen LogP contribution in [0.3, 0.4) is 0 Å².